The van der Waals surface area contributed by atoms with Crippen LogP contribution >= 0.6 is 0 Å². The number of amides is 1. The minimum Gasteiger partial charge on any atom is -0.491 e. The van der Waals surface area contributed by atoms with Crippen molar-refractivity contribution in [2.45, 2.75) is 44.7 Å². The van der Waals surface area contributed by atoms with Gasteiger partial charge in [0, 0.05) is 31.5 Å². The van der Waals surface area contributed by atoms with E-state index in [4.69, 9.17) is 10.5 Å². The zero-order valence-electron chi connectivity index (χ0n) is 15.4. The molecule has 0 aliphatic heterocycles. The van der Waals surface area contributed by atoms with Crippen LogP contribution in [0.1, 0.15) is 48.0 Å². The van der Waals surface area contributed by atoms with E-state index in [1.807, 2.05) is 17.0 Å². The normalized spacial score (nSPS) is 14.7. The second kappa shape index (κ2) is 9.46. The molecule has 2 aromatic rings. The van der Waals surface area contributed by atoms with Crippen LogP contribution in [0.15, 0.2) is 42.7 Å². The van der Waals surface area contributed by atoms with Gasteiger partial charge in [0.1, 0.15) is 18.2 Å². The summed E-state index contributed by atoms with van der Waals surface area (Å²) in [4.78, 5) is 19.4. The molecule has 6 heteroatoms. The topological polar surface area (TPSA) is 68.5 Å². The molecular weight excluding hydrogens is 345 g/mol. The van der Waals surface area contributed by atoms with Gasteiger partial charge in [-0.1, -0.05) is 25.3 Å². The van der Waals surface area contributed by atoms with Crippen LogP contribution in [-0.2, 0) is 6.54 Å². The highest BCUT2D eigenvalue weighted by atomic mass is 19.1. The van der Waals surface area contributed by atoms with Gasteiger partial charge in [0.15, 0.2) is 0 Å². The largest absolute Gasteiger partial charge is 0.491 e. The third-order valence-corrected chi connectivity index (χ3v) is 4.90. The maximum absolute atomic E-state index is 13.9. The number of hydrogen-bond acceptors (Lipinski definition) is 4. The number of halogens is 1. The van der Waals surface area contributed by atoms with Gasteiger partial charge in [-0.25, -0.2) is 4.39 Å². The van der Waals surface area contributed by atoms with Gasteiger partial charge >= 0.3 is 0 Å². The second-order valence-electron chi connectivity index (χ2n) is 6.86. The summed E-state index contributed by atoms with van der Waals surface area (Å²) >= 11 is 0. The van der Waals surface area contributed by atoms with Crippen LogP contribution in [-0.4, -0.2) is 35.0 Å². The van der Waals surface area contributed by atoms with E-state index >= 15 is 0 Å². The Hall–Kier alpha value is -2.47. The zero-order valence-corrected chi connectivity index (χ0v) is 15.4. The molecule has 1 aromatic heterocycles. The van der Waals surface area contributed by atoms with E-state index in [1.54, 1.807) is 12.4 Å². The summed E-state index contributed by atoms with van der Waals surface area (Å²) in [6.07, 6.45) is 8.78. The molecule has 1 fully saturated rings. The molecule has 5 nitrogen and oxygen atoms in total. The Morgan fingerprint density at radius 1 is 1.26 bits per heavy atom. The average molecular weight is 371 g/mol. The van der Waals surface area contributed by atoms with Crippen molar-refractivity contribution in [2.24, 2.45) is 5.73 Å². The number of pyridine rings is 1. The Balaban J connectivity index is 1.91. The maximum atomic E-state index is 13.9. The van der Waals surface area contributed by atoms with Gasteiger partial charge in [-0.3, -0.25) is 9.78 Å². The van der Waals surface area contributed by atoms with E-state index in [2.05, 4.69) is 4.98 Å². The molecule has 1 aliphatic rings. The first-order chi connectivity index (χ1) is 13.2. The Morgan fingerprint density at radius 3 is 2.78 bits per heavy atom. The SMILES string of the molecule is NCCOc1ccc(F)cc1C(=O)N(Cc1cccnc1)C1CCCCC1. The van der Waals surface area contributed by atoms with Crippen molar-refractivity contribution < 1.29 is 13.9 Å². The van der Waals surface area contributed by atoms with Gasteiger partial charge in [-0.15, -0.1) is 0 Å². The number of carbonyl (C=O) groups excluding carboxylic acids is 1. The third-order valence-electron chi connectivity index (χ3n) is 4.90. The molecule has 1 amide bonds. The van der Waals surface area contributed by atoms with Crippen LogP contribution in [0.4, 0.5) is 4.39 Å². The first-order valence-electron chi connectivity index (χ1n) is 9.51. The van der Waals surface area contributed by atoms with Gasteiger partial charge < -0.3 is 15.4 Å². The quantitative estimate of drug-likeness (QED) is 0.808. The molecule has 0 unspecified atom stereocenters. The number of rotatable bonds is 7. The molecule has 0 atom stereocenters. The average Bonchev–Trinajstić information content (AvgIpc) is 2.72. The monoisotopic (exact) mass is 371 g/mol. The lowest BCUT2D eigenvalue weighted by Crippen LogP contribution is -2.41. The zero-order chi connectivity index (χ0) is 19.1. The Bertz CT molecular complexity index is 748. The van der Waals surface area contributed by atoms with Crippen molar-refractivity contribution >= 4 is 5.91 Å². The highest BCUT2D eigenvalue weighted by Gasteiger charge is 2.28. The molecular formula is C21H26FN3O2. The number of ether oxygens (including phenoxy) is 1. The lowest BCUT2D eigenvalue weighted by atomic mass is 9.93. The maximum Gasteiger partial charge on any atom is 0.258 e. The smallest absolute Gasteiger partial charge is 0.258 e. The van der Waals surface area contributed by atoms with Crippen LogP contribution in [0, 0.1) is 5.82 Å². The van der Waals surface area contributed by atoms with E-state index < -0.39 is 5.82 Å². The van der Waals surface area contributed by atoms with Crippen molar-refractivity contribution in [1.29, 1.82) is 0 Å². The number of aromatic nitrogens is 1. The summed E-state index contributed by atoms with van der Waals surface area (Å²) in [6.45, 7) is 1.05. The number of carbonyl (C=O) groups is 1. The fourth-order valence-corrected chi connectivity index (χ4v) is 3.57. The fourth-order valence-electron chi connectivity index (χ4n) is 3.57. The summed E-state index contributed by atoms with van der Waals surface area (Å²) in [5.74, 6) is -0.292. The molecule has 144 valence electrons. The van der Waals surface area contributed by atoms with E-state index in [1.165, 1.54) is 24.6 Å². The molecule has 1 aromatic carbocycles. The second-order valence-corrected chi connectivity index (χ2v) is 6.86. The molecule has 1 aliphatic carbocycles. The molecule has 0 radical (unpaired) electrons. The van der Waals surface area contributed by atoms with Gasteiger partial charge in [-0.2, -0.15) is 0 Å². The predicted octanol–water partition coefficient (Wildman–Crippen LogP) is 3.53. The van der Waals surface area contributed by atoms with E-state index in [0.29, 0.717) is 18.8 Å². The summed E-state index contributed by atoms with van der Waals surface area (Å²) in [6, 6.07) is 8.00. The van der Waals surface area contributed by atoms with Crippen LogP contribution in [0.5, 0.6) is 5.75 Å². The summed E-state index contributed by atoms with van der Waals surface area (Å²) in [5.41, 5.74) is 6.71. The van der Waals surface area contributed by atoms with Crippen molar-refractivity contribution in [1.82, 2.24) is 9.88 Å². The lowest BCUT2D eigenvalue weighted by Gasteiger charge is -2.35. The molecule has 3 rings (SSSR count). The highest BCUT2D eigenvalue weighted by Crippen LogP contribution is 2.28. The minimum atomic E-state index is -0.455. The third kappa shape index (κ3) is 5.04. The summed E-state index contributed by atoms with van der Waals surface area (Å²) < 4.78 is 19.5. The predicted molar refractivity (Wildman–Crippen MR) is 102 cm³/mol. The minimum absolute atomic E-state index is 0.136. The molecule has 0 spiro atoms. The van der Waals surface area contributed by atoms with Gasteiger partial charge in [0.2, 0.25) is 0 Å². The van der Waals surface area contributed by atoms with E-state index in [9.17, 15) is 9.18 Å². The molecule has 2 N–H and O–H groups in total. The summed E-state index contributed by atoms with van der Waals surface area (Å²) in [7, 11) is 0. The first-order valence-corrected chi connectivity index (χ1v) is 9.51. The van der Waals surface area contributed by atoms with E-state index in [0.717, 1.165) is 31.2 Å². The molecule has 1 heterocycles. The number of nitrogens with zero attached hydrogens (tertiary/aromatic N) is 2. The van der Waals surface area contributed by atoms with Crippen LogP contribution < -0.4 is 10.5 Å². The van der Waals surface area contributed by atoms with Crippen LogP contribution in [0.25, 0.3) is 0 Å². The molecule has 27 heavy (non-hydrogen) atoms. The highest BCUT2D eigenvalue weighted by molar-refractivity contribution is 5.97. The van der Waals surface area contributed by atoms with E-state index in [-0.39, 0.29) is 24.1 Å². The van der Waals surface area contributed by atoms with Crippen molar-refractivity contribution in [3.8, 4) is 5.75 Å². The van der Waals surface area contributed by atoms with Crippen molar-refractivity contribution in [3.63, 3.8) is 0 Å². The molecule has 1 saturated carbocycles. The van der Waals surface area contributed by atoms with Gasteiger partial charge in [-0.05, 0) is 42.7 Å². The number of nitrogens with two attached hydrogens (primary N) is 1. The molecule has 0 saturated heterocycles. The van der Waals surface area contributed by atoms with Gasteiger partial charge in [0.05, 0.1) is 5.56 Å². The summed E-state index contributed by atoms with van der Waals surface area (Å²) in [5, 5.41) is 0. The Kier molecular flexibility index (Phi) is 6.76. The lowest BCUT2D eigenvalue weighted by molar-refractivity contribution is 0.0609. The van der Waals surface area contributed by atoms with Crippen LogP contribution in [0.2, 0.25) is 0 Å². The van der Waals surface area contributed by atoms with Crippen LogP contribution in [0.3, 0.4) is 0 Å². The Morgan fingerprint density at radius 2 is 2.07 bits per heavy atom. The first kappa shape index (κ1) is 19.3. The standard InChI is InChI=1S/C21H26FN3O2/c22-17-8-9-20(27-12-10-23)19(13-17)21(26)25(18-6-2-1-3-7-18)15-16-5-4-11-24-14-16/h4-5,8-9,11,13-14,18H,1-3,6-7,10,12,15,23H2. The van der Waals surface area contributed by atoms with Gasteiger partial charge in [0.25, 0.3) is 5.91 Å². The number of benzene rings is 1. The Labute approximate surface area is 159 Å². The van der Waals surface area contributed by atoms with Crippen molar-refractivity contribution in [2.75, 3.05) is 13.2 Å². The molecule has 0 bridgehead atoms. The number of hydrogen-bond donors (Lipinski definition) is 1. The fraction of sp³-hybridized carbons (Fsp3) is 0.429. The van der Waals surface area contributed by atoms with Crippen molar-refractivity contribution in [3.05, 3.63) is 59.7 Å².